The fourth-order valence-corrected chi connectivity index (χ4v) is 5.92. The average molecular weight is 539 g/mol. The van der Waals surface area contributed by atoms with E-state index < -0.39 is 0 Å². The summed E-state index contributed by atoms with van der Waals surface area (Å²) in [6.45, 7) is 1.44. The molecule has 9 nitrogen and oxygen atoms in total. The van der Waals surface area contributed by atoms with Crippen molar-refractivity contribution < 1.29 is 14.3 Å². The lowest BCUT2D eigenvalue weighted by molar-refractivity contribution is -0.125. The van der Waals surface area contributed by atoms with E-state index in [9.17, 15) is 9.59 Å². The van der Waals surface area contributed by atoms with E-state index in [-0.39, 0.29) is 36.3 Å². The molecule has 6 N–H and O–H groups in total. The number of fused-ring (bicyclic) bond motifs is 2. The van der Waals surface area contributed by atoms with Crippen LogP contribution in [0.3, 0.4) is 0 Å². The first kappa shape index (κ1) is 26.0. The van der Waals surface area contributed by atoms with Crippen molar-refractivity contribution in [3.8, 4) is 0 Å². The van der Waals surface area contributed by atoms with Gasteiger partial charge in [-0.05, 0) is 66.3 Å². The molecule has 0 spiro atoms. The second kappa shape index (κ2) is 10.7. The highest BCUT2D eigenvalue weighted by Crippen LogP contribution is 2.31. The number of nitrogens with two attached hydrogens (primary N) is 2. The zero-order valence-corrected chi connectivity index (χ0v) is 22.4. The molecule has 0 unspecified atom stereocenters. The van der Waals surface area contributed by atoms with E-state index in [0.717, 1.165) is 58.6 Å². The van der Waals surface area contributed by atoms with Gasteiger partial charge in [-0.3, -0.25) is 15.0 Å². The minimum Gasteiger partial charge on any atom is -0.384 e. The quantitative estimate of drug-likeness (QED) is 0.220. The van der Waals surface area contributed by atoms with Crippen molar-refractivity contribution in [2.24, 2.45) is 11.5 Å². The molecule has 9 heteroatoms. The van der Waals surface area contributed by atoms with Gasteiger partial charge in [-0.15, -0.1) is 0 Å². The van der Waals surface area contributed by atoms with Crippen LogP contribution in [0.2, 0.25) is 0 Å². The zero-order valence-electron chi connectivity index (χ0n) is 22.4. The van der Waals surface area contributed by atoms with Crippen molar-refractivity contribution in [1.82, 2.24) is 9.88 Å². The zero-order chi connectivity index (χ0) is 27.8. The van der Waals surface area contributed by atoms with Crippen molar-refractivity contribution in [2.75, 3.05) is 24.7 Å². The molecule has 4 aromatic rings. The highest BCUT2D eigenvalue weighted by molar-refractivity contribution is 6.03. The fraction of sp³-hybridized carbons (Fsp3) is 0.323. The molecule has 1 aliphatic carbocycles. The maximum absolute atomic E-state index is 13.7. The predicted molar refractivity (Wildman–Crippen MR) is 157 cm³/mol. The minimum atomic E-state index is -0.134. The number of benzene rings is 3. The Kier molecular flexibility index (Phi) is 7.00. The highest BCUT2D eigenvalue weighted by atomic mass is 16.5. The lowest BCUT2D eigenvalue weighted by atomic mass is 9.92. The summed E-state index contributed by atoms with van der Waals surface area (Å²) in [5.74, 6) is -0.236. The number of morpholine rings is 1. The molecule has 0 bridgehead atoms. The number of ether oxygens (including phenoxy) is 1. The molecule has 1 aliphatic heterocycles. The van der Waals surface area contributed by atoms with E-state index in [1.165, 1.54) is 0 Å². The van der Waals surface area contributed by atoms with Crippen molar-refractivity contribution in [3.05, 3.63) is 77.5 Å². The number of amides is 2. The lowest BCUT2D eigenvalue weighted by Crippen LogP contribution is -2.41. The maximum Gasteiger partial charge on any atom is 0.268 e. The number of rotatable bonds is 6. The summed E-state index contributed by atoms with van der Waals surface area (Å²) >= 11 is 0. The Labute approximate surface area is 232 Å². The number of nitrogens with one attached hydrogen (secondary N) is 2. The maximum atomic E-state index is 13.7. The van der Waals surface area contributed by atoms with E-state index in [1.807, 2.05) is 53.1 Å². The number of hydrogen-bond donors (Lipinski definition) is 4. The summed E-state index contributed by atoms with van der Waals surface area (Å²) in [4.78, 5) is 28.2. The summed E-state index contributed by atoms with van der Waals surface area (Å²) in [5.41, 5.74) is 15.7. The highest BCUT2D eigenvalue weighted by Gasteiger charge is 2.25. The van der Waals surface area contributed by atoms with E-state index in [1.54, 1.807) is 11.0 Å². The molecule has 2 fully saturated rings. The lowest BCUT2D eigenvalue weighted by Gasteiger charge is -2.28. The van der Waals surface area contributed by atoms with Crippen LogP contribution in [0.25, 0.3) is 21.7 Å². The van der Waals surface area contributed by atoms with Crippen molar-refractivity contribution >= 4 is 45.0 Å². The number of nitrogens with zero attached hydrogens (tertiary/aromatic N) is 2. The van der Waals surface area contributed by atoms with Crippen LogP contribution in [0.15, 0.2) is 60.7 Å². The third-order valence-electron chi connectivity index (χ3n) is 8.11. The third-order valence-corrected chi connectivity index (χ3v) is 8.11. The number of carbonyl (C=O) groups excluding carboxylic acids is 2. The molecule has 1 aromatic heterocycles. The van der Waals surface area contributed by atoms with Gasteiger partial charge in [0.25, 0.3) is 11.8 Å². The van der Waals surface area contributed by atoms with Crippen LogP contribution in [0.5, 0.6) is 0 Å². The van der Waals surface area contributed by atoms with Crippen LogP contribution in [-0.4, -0.2) is 54.1 Å². The van der Waals surface area contributed by atoms with Gasteiger partial charge in [0.05, 0.1) is 6.61 Å². The Hall–Kier alpha value is -4.21. The van der Waals surface area contributed by atoms with E-state index in [2.05, 4.69) is 11.4 Å². The first-order valence-corrected chi connectivity index (χ1v) is 13.8. The molecule has 1 saturated heterocycles. The van der Waals surface area contributed by atoms with Crippen LogP contribution in [0, 0.1) is 5.41 Å². The Bertz CT molecular complexity index is 1620. The van der Waals surface area contributed by atoms with Gasteiger partial charge < -0.3 is 31.0 Å². The normalized spacial score (nSPS) is 19.7. The second-order valence-electron chi connectivity index (χ2n) is 10.8. The number of carbonyl (C=O) groups is 2. The fourth-order valence-electron chi connectivity index (χ4n) is 5.92. The van der Waals surface area contributed by atoms with Crippen LogP contribution in [-0.2, 0) is 16.1 Å². The molecule has 40 heavy (non-hydrogen) atoms. The van der Waals surface area contributed by atoms with Gasteiger partial charge in [-0.2, -0.15) is 0 Å². The Morgan fingerprint density at radius 1 is 1.02 bits per heavy atom. The Morgan fingerprint density at radius 3 is 2.60 bits per heavy atom. The number of amidine groups is 1. The number of anilines is 1. The summed E-state index contributed by atoms with van der Waals surface area (Å²) in [7, 11) is 0. The Morgan fingerprint density at radius 2 is 1.82 bits per heavy atom. The summed E-state index contributed by atoms with van der Waals surface area (Å²) in [6.07, 6.45) is 3.52. The first-order valence-electron chi connectivity index (χ1n) is 13.8. The molecule has 2 heterocycles. The van der Waals surface area contributed by atoms with Gasteiger partial charge in [0.2, 0.25) is 0 Å². The SMILES string of the molecule is N=C(N)c1ccc2cc(C(=O)NC3CCC(N)CC3)n(Cc3cc(N4CCOCC4=O)cc4ccccc34)c2c1. The second-order valence-corrected chi connectivity index (χ2v) is 10.8. The number of aromatic nitrogens is 1. The molecule has 2 aliphatic rings. The van der Waals surface area contributed by atoms with Crippen LogP contribution in [0.1, 0.15) is 47.3 Å². The van der Waals surface area contributed by atoms with Crippen LogP contribution >= 0.6 is 0 Å². The van der Waals surface area contributed by atoms with Crippen molar-refractivity contribution in [2.45, 2.75) is 44.3 Å². The minimum absolute atomic E-state index is 0.0301. The molecule has 6 rings (SSSR count). The van der Waals surface area contributed by atoms with E-state index >= 15 is 0 Å². The van der Waals surface area contributed by atoms with Gasteiger partial charge in [-0.25, -0.2) is 0 Å². The molecule has 2 amide bonds. The molecular formula is C31H34N6O3. The largest absolute Gasteiger partial charge is 0.384 e. The van der Waals surface area contributed by atoms with Gasteiger partial charge in [0.1, 0.15) is 18.1 Å². The standard InChI is InChI=1S/C31H34N6O3/c32-23-7-9-24(10-8-23)35-31(39)28-15-20-5-6-21(30(33)34)16-27(20)37(28)17-22-14-25(36-11-12-40-18-29(36)38)13-19-3-1-2-4-26(19)22/h1-6,13-16,23-24H,7-12,17-18,32H2,(H3,33,34)(H,35,39). The van der Waals surface area contributed by atoms with Crippen molar-refractivity contribution in [3.63, 3.8) is 0 Å². The van der Waals surface area contributed by atoms with Gasteiger partial charge in [0, 0.05) is 47.3 Å². The smallest absolute Gasteiger partial charge is 0.268 e. The monoisotopic (exact) mass is 538 g/mol. The van der Waals surface area contributed by atoms with Gasteiger partial charge in [0.15, 0.2) is 0 Å². The Balaban J connectivity index is 1.45. The molecule has 1 saturated carbocycles. The summed E-state index contributed by atoms with van der Waals surface area (Å²) in [6, 6.07) is 19.9. The topological polar surface area (TPSA) is 139 Å². The summed E-state index contributed by atoms with van der Waals surface area (Å²) in [5, 5.41) is 14.2. The van der Waals surface area contributed by atoms with Crippen LogP contribution in [0.4, 0.5) is 5.69 Å². The van der Waals surface area contributed by atoms with Gasteiger partial charge in [-0.1, -0.05) is 36.4 Å². The predicted octanol–water partition coefficient (Wildman–Crippen LogP) is 3.49. The number of nitrogen functional groups attached to an aromatic ring is 1. The molecule has 0 atom stereocenters. The van der Waals surface area contributed by atoms with Gasteiger partial charge >= 0.3 is 0 Å². The van der Waals surface area contributed by atoms with Crippen molar-refractivity contribution in [1.29, 1.82) is 5.41 Å². The molecule has 3 aromatic carbocycles. The average Bonchev–Trinajstić information content (AvgIpc) is 3.32. The van der Waals surface area contributed by atoms with E-state index in [0.29, 0.717) is 31.0 Å². The first-order chi connectivity index (χ1) is 19.4. The summed E-state index contributed by atoms with van der Waals surface area (Å²) < 4.78 is 7.35. The molecule has 206 valence electrons. The number of hydrogen-bond acceptors (Lipinski definition) is 5. The molecular weight excluding hydrogens is 504 g/mol. The van der Waals surface area contributed by atoms with E-state index in [4.69, 9.17) is 21.6 Å². The molecule has 0 radical (unpaired) electrons. The van der Waals surface area contributed by atoms with Crippen LogP contribution < -0.4 is 21.7 Å². The third kappa shape index (κ3) is 5.05.